The van der Waals surface area contributed by atoms with Gasteiger partial charge >= 0.3 is 12.1 Å². The van der Waals surface area contributed by atoms with Crippen LogP contribution in [0.2, 0.25) is 0 Å². The molecule has 0 aliphatic heterocycles. The van der Waals surface area contributed by atoms with E-state index in [4.69, 9.17) is 15.2 Å². The summed E-state index contributed by atoms with van der Waals surface area (Å²) in [5, 5.41) is 2.84. The number of imide groups is 1. The third-order valence-electron chi connectivity index (χ3n) is 5.63. The van der Waals surface area contributed by atoms with Crippen molar-refractivity contribution in [2.75, 3.05) is 19.9 Å². The second kappa shape index (κ2) is 15.1. The topological polar surface area (TPSA) is 169 Å². The van der Waals surface area contributed by atoms with E-state index in [9.17, 15) is 19.2 Å². The van der Waals surface area contributed by atoms with Gasteiger partial charge in [-0.15, -0.1) is 0 Å². The summed E-state index contributed by atoms with van der Waals surface area (Å²) in [4.78, 5) is 62.4. The van der Waals surface area contributed by atoms with Gasteiger partial charge < -0.3 is 25.5 Å². The fourth-order valence-electron chi connectivity index (χ4n) is 3.48. The lowest BCUT2D eigenvalue weighted by atomic mass is 10.1. The van der Waals surface area contributed by atoms with E-state index in [1.807, 2.05) is 20.8 Å². The van der Waals surface area contributed by atoms with Gasteiger partial charge in [-0.2, -0.15) is 0 Å². The van der Waals surface area contributed by atoms with Gasteiger partial charge in [-0.05, 0) is 49.9 Å². The number of carbonyl (C=O) groups excluding carboxylic acids is 4. The number of benzene rings is 1. The highest BCUT2D eigenvalue weighted by molar-refractivity contribution is 6.07. The Balaban J connectivity index is 2.39. The van der Waals surface area contributed by atoms with Crippen molar-refractivity contribution in [1.82, 2.24) is 15.2 Å². The van der Waals surface area contributed by atoms with E-state index < -0.39 is 24.8 Å². The molecule has 4 N–H and O–H groups in total. The van der Waals surface area contributed by atoms with Crippen LogP contribution < -0.4 is 11.1 Å². The number of nitrogens with one attached hydrogen (secondary N) is 2. The van der Waals surface area contributed by atoms with Crippen molar-refractivity contribution < 1.29 is 28.7 Å². The van der Waals surface area contributed by atoms with E-state index in [0.29, 0.717) is 35.5 Å². The predicted octanol–water partition coefficient (Wildman–Crippen LogP) is 3.74. The van der Waals surface area contributed by atoms with Gasteiger partial charge in [0, 0.05) is 31.3 Å². The molecule has 0 saturated carbocycles. The van der Waals surface area contributed by atoms with E-state index in [1.165, 1.54) is 6.07 Å². The molecule has 3 amide bonds. The zero-order chi connectivity index (χ0) is 28.9. The van der Waals surface area contributed by atoms with Crippen molar-refractivity contribution in [3.05, 3.63) is 52.3 Å². The minimum absolute atomic E-state index is 0.0964. The molecule has 1 aromatic carbocycles. The van der Waals surface area contributed by atoms with Crippen molar-refractivity contribution in [2.45, 2.75) is 53.9 Å². The second-order valence-corrected chi connectivity index (χ2v) is 8.53. The molecule has 39 heavy (non-hydrogen) atoms. The summed E-state index contributed by atoms with van der Waals surface area (Å²) in [6.07, 6.45) is 3.16. The quantitative estimate of drug-likeness (QED) is 0.169. The van der Waals surface area contributed by atoms with Gasteiger partial charge in [-0.1, -0.05) is 26.8 Å². The highest BCUT2D eigenvalue weighted by Crippen LogP contribution is 2.24. The summed E-state index contributed by atoms with van der Waals surface area (Å²) < 4.78 is 9.74. The van der Waals surface area contributed by atoms with Crippen LogP contribution in [0, 0.1) is 13.8 Å². The standard InChI is InChI=1S/C27H36N6O6/c1-6-11-29-25(35)20-14-30-23(18(20)5)24(31-15-28)32-21-13-19(10-9-17(21)4)26(36)33(12-7-2)27(37)39-16-38-22(34)8-3/h9-10,13-15,30H,6-8,11-12,16H2,1-5H3,(H,29,35)(H2,28,31,32). The average molecular weight is 541 g/mol. The van der Waals surface area contributed by atoms with Gasteiger partial charge in [0.1, 0.15) is 0 Å². The number of ether oxygens (including phenoxy) is 2. The molecule has 0 radical (unpaired) electrons. The van der Waals surface area contributed by atoms with Crippen LogP contribution in [0.1, 0.15) is 77.6 Å². The number of rotatable bonds is 11. The van der Waals surface area contributed by atoms with E-state index >= 15 is 0 Å². The smallest absolute Gasteiger partial charge is 0.419 e. The lowest BCUT2D eigenvalue weighted by molar-refractivity contribution is -0.151. The lowest BCUT2D eigenvalue weighted by Crippen LogP contribution is -2.38. The van der Waals surface area contributed by atoms with Crippen LogP contribution in [0.4, 0.5) is 10.5 Å². The summed E-state index contributed by atoms with van der Waals surface area (Å²) in [6, 6.07) is 4.80. The first-order chi connectivity index (χ1) is 18.7. The molecule has 2 rings (SSSR count). The molecule has 0 fully saturated rings. The molecular formula is C27H36N6O6. The summed E-state index contributed by atoms with van der Waals surface area (Å²) in [5.74, 6) is -1.14. The maximum Gasteiger partial charge on any atom is 0.419 e. The van der Waals surface area contributed by atoms with Crippen LogP contribution in [0.15, 0.2) is 34.4 Å². The second-order valence-electron chi connectivity index (χ2n) is 8.53. The number of amides is 3. The van der Waals surface area contributed by atoms with Gasteiger partial charge in [-0.25, -0.2) is 19.7 Å². The van der Waals surface area contributed by atoms with Gasteiger partial charge in [0.05, 0.1) is 23.3 Å². The Labute approximate surface area is 227 Å². The first-order valence-electron chi connectivity index (χ1n) is 12.7. The molecule has 12 heteroatoms. The van der Waals surface area contributed by atoms with E-state index in [1.54, 1.807) is 32.2 Å². The van der Waals surface area contributed by atoms with Crippen molar-refractivity contribution in [3.63, 3.8) is 0 Å². The highest BCUT2D eigenvalue weighted by Gasteiger charge is 2.25. The van der Waals surface area contributed by atoms with Crippen molar-refractivity contribution in [3.8, 4) is 0 Å². The number of esters is 1. The molecule has 0 aliphatic rings. The zero-order valence-electron chi connectivity index (χ0n) is 23.0. The molecule has 210 valence electrons. The minimum atomic E-state index is -0.930. The van der Waals surface area contributed by atoms with Gasteiger partial charge in [0.15, 0.2) is 5.84 Å². The fraction of sp³-hybridized carbons (Fsp3) is 0.407. The minimum Gasteiger partial charge on any atom is -0.428 e. The number of H-pyrrole nitrogens is 1. The number of aliphatic imine (C=N–C) groups is 2. The van der Waals surface area contributed by atoms with E-state index in [2.05, 4.69) is 20.3 Å². The van der Waals surface area contributed by atoms with E-state index in [-0.39, 0.29) is 30.3 Å². The molecule has 0 unspecified atom stereocenters. The number of nitrogens with zero attached hydrogens (tertiary/aromatic N) is 3. The molecule has 0 atom stereocenters. The number of aryl methyl sites for hydroxylation is 1. The third-order valence-corrected chi connectivity index (χ3v) is 5.63. The molecule has 1 heterocycles. The van der Waals surface area contributed by atoms with Crippen LogP contribution in [-0.2, 0) is 14.3 Å². The Morgan fingerprint density at radius 1 is 1.10 bits per heavy atom. The molecule has 0 saturated heterocycles. The Morgan fingerprint density at radius 3 is 2.49 bits per heavy atom. The zero-order valence-corrected chi connectivity index (χ0v) is 23.0. The summed E-state index contributed by atoms with van der Waals surface area (Å²) in [6.45, 7) is 9.02. The molecule has 0 spiro atoms. The number of nitrogens with two attached hydrogens (primary N) is 1. The Kier molecular flexibility index (Phi) is 11.9. The summed E-state index contributed by atoms with van der Waals surface area (Å²) in [7, 11) is 0. The fourth-order valence-corrected chi connectivity index (χ4v) is 3.48. The number of amidine groups is 1. The molecule has 1 aromatic heterocycles. The first-order valence-corrected chi connectivity index (χ1v) is 12.7. The normalized spacial score (nSPS) is 11.4. The number of aromatic nitrogens is 1. The van der Waals surface area contributed by atoms with Crippen LogP contribution in [0.25, 0.3) is 0 Å². The highest BCUT2D eigenvalue weighted by atomic mass is 16.7. The molecule has 12 nitrogen and oxygen atoms in total. The van der Waals surface area contributed by atoms with Crippen LogP contribution in [0.3, 0.4) is 0 Å². The number of carbonyl (C=O) groups is 4. The number of hydrogen-bond acceptors (Lipinski definition) is 7. The van der Waals surface area contributed by atoms with Crippen LogP contribution in [0.5, 0.6) is 0 Å². The number of aromatic amines is 1. The summed E-state index contributed by atoms with van der Waals surface area (Å²) in [5.41, 5.74) is 8.50. The van der Waals surface area contributed by atoms with Crippen LogP contribution >= 0.6 is 0 Å². The maximum absolute atomic E-state index is 13.3. The largest absolute Gasteiger partial charge is 0.428 e. The van der Waals surface area contributed by atoms with Crippen molar-refractivity contribution in [2.24, 2.45) is 15.7 Å². The Bertz CT molecular complexity index is 1250. The van der Waals surface area contributed by atoms with Gasteiger partial charge in [0.2, 0.25) is 6.79 Å². The SMILES string of the molecule is CCCNC(=O)c1c[nH]c(C(N=CN)=Nc2cc(C(=O)N(CCC)C(=O)OCOC(=O)CC)ccc2C)c1C. The maximum atomic E-state index is 13.3. The van der Waals surface area contributed by atoms with Crippen molar-refractivity contribution >= 4 is 41.7 Å². The van der Waals surface area contributed by atoms with Crippen LogP contribution in [-0.4, -0.2) is 65.8 Å². The number of hydrogen-bond donors (Lipinski definition) is 3. The molecular weight excluding hydrogens is 504 g/mol. The van der Waals surface area contributed by atoms with Gasteiger partial charge in [-0.3, -0.25) is 14.4 Å². The lowest BCUT2D eigenvalue weighted by Gasteiger charge is -2.20. The summed E-state index contributed by atoms with van der Waals surface area (Å²) >= 11 is 0. The Hall–Kier alpha value is -4.48. The monoisotopic (exact) mass is 540 g/mol. The average Bonchev–Trinajstić information content (AvgIpc) is 3.31. The molecule has 2 aromatic rings. The first kappa shape index (κ1) is 30.7. The Morgan fingerprint density at radius 2 is 1.85 bits per heavy atom. The molecule has 0 bridgehead atoms. The predicted molar refractivity (Wildman–Crippen MR) is 147 cm³/mol. The molecule has 0 aliphatic carbocycles. The van der Waals surface area contributed by atoms with Crippen molar-refractivity contribution in [1.29, 1.82) is 0 Å². The van der Waals surface area contributed by atoms with Gasteiger partial charge in [0.25, 0.3) is 11.8 Å². The third kappa shape index (κ3) is 8.25. The van der Waals surface area contributed by atoms with E-state index in [0.717, 1.165) is 23.2 Å².